The Hall–Kier alpha value is -0.870. The van der Waals surface area contributed by atoms with Crippen LogP contribution in [0, 0.1) is 6.92 Å². The average molecular weight is 184 g/mol. The van der Waals surface area contributed by atoms with Gasteiger partial charge in [0, 0.05) is 6.54 Å². The van der Waals surface area contributed by atoms with Crippen molar-refractivity contribution in [3.05, 3.63) is 17.8 Å². The van der Waals surface area contributed by atoms with Crippen molar-refractivity contribution in [1.29, 1.82) is 0 Å². The van der Waals surface area contributed by atoms with E-state index in [1.165, 1.54) is 0 Å². The molecule has 0 aliphatic carbocycles. The van der Waals surface area contributed by atoms with Crippen LogP contribution in [0.1, 0.15) is 31.5 Å². The normalized spacial score (nSPS) is 15.7. The number of nitrogens with zero attached hydrogens (tertiary/aromatic N) is 1. The van der Waals surface area contributed by atoms with Gasteiger partial charge in [-0.2, -0.15) is 0 Å². The van der Waals surface area contributed by atoms with Crippen LogP contribution in [0.5, 0.6) is 0 Å². The lowest BCUT2D eigenvalue weighted by Crippen LogP contribution is -2.27. The van der Waals surface area contributed by atoms with Gasteiger partial charge in [0.25, 0.3) is 0 Å². The second-order valence-corrected chi connectivity index (χ2v) is 3.29. The summed E-state index contributed by atoms with van der Waals surface area (Å²) in [4.78, 5) is 4.08. The summed E-state index contributed by atoms with van der Waals surface area (Å²) < 4.78 is 5.32. The minimum absolute atomic E-state index is 0.0447. The molecule has 0 aliphatic heterocycles. The van der Waals surface area contributed by atoms with Crippen molar-refractivity contribution in [2.45, 2.75) is 32.9 Å². The van der Waals surface area contributed by atoms with E-state index < -0.39 is 0 Å². The van der Waals surface area contributed by atoms with Crippen molar-refractivity contribution in [3.8, 4) is 0 Å². The van der Waals surface area contributed by atoms with Crippen LogP contribution in [-0.4, -0.2) is 22.7 Å². The molecule has 13 heavy (non-hydrogen) atoms. The lowest BCUT2D eigenvalue weighted by Gasteiger charge is -2.11. The van der Waals surface area contributed by atoms with Gasteiger partial charge >= 0.3 is 0 Å². The summed E-state index contributed by atoms with van der Waals surface area (Å²) in [5, 5.41) is 12.1. The van der Waals surface area contributed by atoms with E-state index in [0.29, 0.717) is 12.4 Å². The highest BCUT2D eigenvalue weighted by Crippen LogP contribution is 2.11. The van der Waals surface area contributed by atoms with Crippen LogP contribution >= 0.6 is 0 Å². The molecule has 4 heteroatoms. The van der Waals surface area contributed by atoms with Crippen LogP contribution in [0.15, 0.2) is 10.6 Å². The summed E-state index contributed by atoms with van der Waals surface area (Å²) in [6.45, 7) is 6.09. The Bertz CT molecular complexity index is 258. The lowest BCUT2D eigenvalue weighted by atomic mass is 10.3. The van der Waals surface area contributed by atoms with E-state index in [1.54, 1.807) is 13.1 Å². The van der Waals surface area contributed by atoms with Crippen LogP contribution in [0.3, 0.4) is 0 Å². The first-order chi connectivity index (χ1) is 6.09. The molecule has 4 nitrogen and oxygen atoms in total. The minimum atomic E-state index is -0.349. The van der Waals surface area contributed by atoms with Crippen LogP contribution in [0.25, 0.3) is 0 Å². The van der Waals surface area contributed by atoms with Crippen molar-refractivity contribution in [2.75, 3.05) is 6.54 Å². The van der Waals surface area contributed by atoms with Gasteiger partial charge in [-0.3, -0.25) is 0 Å². The minimum Gasteiger partial charge on any atom is -0.444 e. The van der Waals surface area contributed by atoms with E-state index in [-0.39, 0.29) is 12.1 Å². The number of hydrogen-bond acceptors (Lipinski definition) is 4. The van der Waals surface area contributed by atoms with E-state index >= 15 is 0 Å². The SMILES string of the molecule is Cc1cnc(C(C)NC[C@H](C)O)o1. The number of aryl methyl sites for hydroxylation is 1. The first-order valence-electron chi connectivity index (χ1n) is 4.43. The van der Waals surface area contributed by atoms with Crippen molar-refractivity contribution in [3.63, 3.8) is 0 Å². The Balaban J connectivity index is 2.44. The molecule has 0 radical (unpaired) electrons. The van der Waals surface area contributed by atoms with Gasteiger partial charge in [-0.1, -0.05) is 0 Å². The molecule has 2 N–H and O–H groups in total. The highest BCUT2D eigenvalue weighted by Gasteiger charge is 2.10. The second-order valence-electron chi connectivity index (χ2n) is 3.29. The van der Waals surface area contributed by atoms with Gasteiger partial charge in [0.2, 0.25) is 5.89 Å². The summed E-state index contributed by atoms with van der Waals surface area (Å²) in [6.07, 6.45) is 1.34. The van der Waals surface area contributed by atoms with Crippen molar-refractivity contribution in [2.24, 2.45) is 0 Å². The standard InChI is InChI=1S/C9H16N2O2/c1-6(12)4-10-8(3)9-11-5-7(2)13-9/h5-6,8,10,12H,4H2,1-3H3/t6-,8?/m0/s1. The molecule has 1 aromatic rings. The third kappa shape index (κ3) is 3.16. The van der Waals surface area contributed by atoms with Gasteiger partial charge in [-0.15, -0.1) is 0 Å². The van der Waals surface area contributed by atoms with Crippen LogP contribution < -0.4 is 5.32 Å². The zero-order chi connectivity index (χ0) is 9.84. The van der Waals surface area contributed by atoms with Gasteiger partial charge in [-0.25, -0.2) is 4.98 Å². The molecular weight excluding hydrogens is 168 g/mol. The summed E-state index contributed by atoms with van der Waals surface area (Å²) in [5.41, 5.74) is 0. The first kappa shape index (κ1) is 10.2. The Morgan fingerprint density at radius 1 is 1.62 bits per heavy atom. The molecule has 0 saturated carbocycles. The molecule has 0 aliphatic rings. The van der Waals surface area contributed by atoms with Gasteiger partial charge in [0.1, 0.15) is 5.76 Å². The van der Waals surface area contributed by atoms with Crippen LogP contribution in [0.2, 0.25) is 0 Å². The Morgan fingerprint density at radius 3 is 2.77 bits per heavy atom. The van der Waals surface area contributed by atoms with Gasteiger partial charge in [-0.05, 0) is 20.8 Å². The average Bonchev–Trinajstić information content (AvgIpc) is 2.47. The molecule has 1 aromatic heterocycles. The van der Waals surface area contributed by atoms with Gasteiger partial charge in [0.05, 0.1) is 18.3 Å². The Labute approximate surface area is 78.0 Å². The predicted molar refractivity (Wildman–Crippen MR) is 49.3 cm³/mol. The predicted octanol–water partition coefficient (Wildman–Crippen LogP) is 1.01. The highest BCUT2D eigenvalue weighted by atomic mass is 16.4. The Kier molecular flexibility index (Phi) is 3.45. The van der Waals surface area contributed by atoms with E-state index in [0.717, 1.165) is 5.76 Å². The summed E-state index contributed by atoms with van der Waals surface area (Å²) >= 11 is 0. The van der Waals surface area contributed by atoms with Crippen molar-refractivity contribution >= 4 is 0 Å². The summed E-state index contributed by atoms with van der Waals surface area (Å²) in [7, 11) is 0. The fourth-order valence-corrected chi connectivity index (χ4v) is 1.01. The monoisotopic (exact) mass is 184 g/mol. The van der Waals surface area contributed by atoms with Crippen molar-refractivity contribution in [1.82, 2.24) is 10.3 Å². The molecule has 0 bridgehead atoms. The van der Waals surface area contributed by atoms with E-state index in [9.17, 15) is 0 Å². The number of rotatable bonds is 4. The van der Waals surface area contributed by atoms with Crippen LogP contribution in [0.4, 0.5) is 0 Å². The number of aromatic nitrogens is 1. The molecule has 0 fully saturated rings. The maximum Gasteiger partial charge on any atom is 0.211 e. The Morgan fingerprint density at radius 2 is 2.31 bits per heavy atom. The van der Waals surface area contributed by atoms with E-state index in [2.05, 4.69) is 10.3 Å². The topological polar surface area (TPSA) is 58.3 Å². The molecule has 1 unspecified atom stereocenters. The summed E-state index contributed by atoms with van der Waals surface area (Å²) in [5.74, 6) is 1.47. The third-order valence-electron chi connectivity index (χ3n) is 1.73. The molecular formula is C9H16N2O2. The van der Waals surface area contributed by atoms with Crippen molar-refractivity contribution < 1.29 is 9.52 Å². The quantitative estimate of drug-likeness (QED) is 0.733. The first-order valence-corrected chi connectivity index (χ1v) is 4.43. The number of hydrogen-bond donors (Lipinski definition) is 2. The molecule has 0 amide bonds. The maximum absolute atomic E-state index is 9.04. The molecule has 0 spiro atoms. The van der Waals surface area contributed by atoms with Gasteiger partial charge in [0.15, 0.2) is 0 Å². The fourth-order valence-electron chi connectivity index (χ4n) is 1.01. The molecule has 1 rings (SSSR count). The lowest BCUT2D eigenvalue weighted by molar-refractivity contribution is 0.184. The molecule has 0 saturated heterocycles. The molecule has 0 aromatic carbocycles. The second kappa shape index (κ2) is 4.39. The molecule has 1 heterocycles. The zero-order valence-corrected chi connectivity index (χ0v) is 8.24. The molecule has 74 valence electrons. The smallest absolute Gasteiger partial charge is 0.211 e. The largest absolute Gasteiger partial charge is 0.444 e. The van der Waals surface area contributed by atoms with Gasteiger partial charge < -0.3 is 14.8 Å². The fraction of sp³-hybridized carbons (Fsp3) is 0.667. The highest BCUT2D eigenvalue weighted by molar-refractivity contribution is 4.94. The molecule has 2 atom stereocenters. The number of aliphatic hydroxyl groups excluding tert-OH is 1. The van der Waals surface area contributed by atoms with Crippen LogP contribution in [-0.2, 0) is 0 Å². The summed E-state index contributed by atoms with van der Waals surface area (Å²) in [6, 6.07) is 0.0447. The number of aliphatic hydroxyl groups is 1. The third-order valence-corrected chi connectivity index (χ3v) is 1.73. The number of oxazole rings is 1. The number of nitrogens with one attached hydrogen (secondary N) is 1. The zero-order valence-electron chi connectivity index (χ0n) is 8.24. The maximum atomic E-state index is 9.04. The van der Waals surface area contributed by atoms with E-state index in [1.807, 2.05) is 13.8 Å². The van der Waals surface area contributed by atoms with E-state index in [4.69, 9.17) is 9.52 Å².